The molecule has 130 valence electrons. The number of halogens is 1. The molecule has 0 bridgehead atoms. The van der Waals surface area contributed by atoms with Gasteiger partial charge in [0.15, 0.2) is 11.7 Å². The molecule has 7 heteroatoms. The highest BCUT2D eigenvalue weighted by molar-refractivity contribution is 14.0. The number of guanidine groups is 1. The second kappa shape index (κ2) is 9.79. The van der Waals surface area contributed by atoms with Gasteiger partial charge in [-0.05, 0) is 36.8 Å². The van der Waals surface area contributed by atoms with E-state index in [9.17, 15) is 4.79 Å². The van der Waals surface area contributed by atoms with Crippen molar-refractivity contribution in [3.63, 3.8) is 0 Å². The van der Waals surface area contributed by atoms with Gasteiger partial charge in [-0.1, -0.05) is 13.3 Å². The summed E-state index contributed by atoms with van der Waals surface area (Å²) in [6, 6.07) is 3.34. The smallest absolute Gasteiger partial charge is 0.287 e. The summed E-state index contributed by atoms with van der Waals surface area (Å²) >= 11 is 0. The average Bonchev–Trinajstić information content (AvgIpc) is 3.02. The van der Waals surface area contributed by atoms with Crippen molar-refractivity contribution in [3.8, 4) is 0 Å². The van der Waals surface area contributed by atoms with Crippen molar-refractivity contribution in [2.24, 2.45) is 10.4 Å². The van der Waals surface area contributed by atoms with Gasteiger partial charge in [-0.15, -0.1) is 24.0 Å². The fourth-order valence-corrected chi connectivity index (χ4v) is 2.68. The Kier molecular flexibility index (Phi) is 8.43. The molecule has 1 aromatic heterocycles. The van der Waals surface area contributed by atoms with Crippen LogP contribution in [0.3, 0.4) is 0 Å². The third kappa shape index (κ3) is 5.71. The van der Waals surface area contributed by atoms with E-state index in [1.165, 1.54) is 31.9 Å². The summed E-state index contributed by atoms with van der Waals surface area (Å²) in [6.45, 7) is 4.34. The summed E-state index contributed by atoms with van der Waals surface area (Å²) in [4.78, 5) is 15.9. The number of hydrogen-bond acceptors (Lipinski definition) is 3. The van der Waals surface area contributed by atoms with Crippen molar-refractivity contribution >= 4 is 35.8 Å². The normalized spacial score (nSPS) is 16.0. The van der Waals surface area contributed by atoms with Gasteiger partial charge in [-0.2, -0.15) is 0 Å². The Labute approximate surface area is 154 Å². The molecule has 2 rings (SSSR count). The highest BCUT2D eigenvalue weighted by Gasteiger charge is 2.34. The van der Waals surface area contributed by atoms with Crippen LogP contribution in [0, 0.1) is 5.41 Å². The Morgan fingerprint density at radius 3 is 2.57 bits per heavy atom. The highest BCUT2D eigenvalue weighted by atomic mass is 127. The molecule has 0 atom stereocenters. The highest BCUT2D eigenvalue weighted by Crippen LogP contribution is 2.42. The van der Waals surface area contributed by atoms with Gasteiger partial charge >= 0.3 is 0 Å². The number of carbonyl (C=O) groups excluding carboxylic acids is 1. The number of hydrogen-bond donors (Lipinski definition) is 3. The van der Waals surface area contributed by atoms with Crippen LogP contribution in [0.25, 0.3) is 0 Å². The molecule has 1 aliphatic rings. The molecule has 23 heavy (non-hydrogen) atoms. The lowest BCUT2D eigenvalue weighted by Gasteiger charge is -2.41. The zero-order chi connectivity index (χ0) is 15.8. The molecule has 0 unspecified atom stereocenters. The van der Waals surface area contributed by atoms with Crippen molar-refractivity contribution in [1.82, 2.24) is 16.0 Å². The van der Waals surface area contributed by atoms with E-state index in [1.807, 2.05) is 0 Å². The SMILES string of the molecule is CCC1(CNC(=NC)NCCNC(=O)c2ccco2)CCC1.I. The third-order valence-corrected chi connectivity index (χ3v) is 4.47. The molecule has 0 radical (unpaired) electrons. The van der Waals surface area contributed by atoms with E-state index in [0.29, 0.717) is 24.3 Å². The van der Waals surface area contributed by atoms with E-state index in [2.05, 4.69) is 27.9 Å². The van der Waals surface area contributed by atoms with Gasteiger partial charge in [-0.3, -0.25) is 9.79 Å². The predicted octanol–water partition coefficient (Wildman–Crippen LogP) is 2.37. The Bertz CT molecular complexity index is 493. The first-order valence-corrected chi connectivity index (χ1v) is 7.95. The lowest BCUT2D eigenvalue weighted by atomic mass is 9.67. The molecule has 1 saturated carbocycles. The van der Waals surface area contributed by atoms with Crippen LogP contribution in [-0.4, -0.2) is 38.5 Å². The first-order valence-electron chi connectivity index (χ1n) is 7.95. The maximum Gasteiger partial charge on any atom is 0.287 e. The molecule has 1 fully saturated rings. The van der Waals surface area contributed by atoms with E-state index < -0.39 is 0 Å². The van der Waals surface area contributed by atoms with Gasteiger partial charge in [0, 0.05) is 26.7 Å². The Morgan fingerprint density at radius 1 is 1.30 bits per heavy atom. The van der Waals surface area contributed by atoms with Crippen LogP contribution < -0.4 is 16.0 Å². The van der Waals surface area contributed by atoms with Gasteiger partial charge < -0.3 is 20.4 Å². The molecule has 1 aromatic rings. The minimum absolute atomic E-state index is 0. The van der Waals surface area contributed by atoms with Crippen molar-refractivity contribution < 1.29 is 9.21 Å². The van der Waals surface area contributed by atoms with Crippen LogP contribution in [0.1, 0.15) is 43.2 Å². The summed E-state index contributed by atoms with van der Waals surface area (Å²) in [7, 11) is 1.76. The molecule has 6 nitrogen and oxygen atoms in total. The Morgan fingerprint density at radius 2 is 2.04 bits per heavy atom. The zero-order valence-corrected chi connectivity index (χ0v) is 16.2. The number of carbonyl (C=O) groups is 1. The lowest BCUT2D eigenvalue weighted by molar-refractivity contribution is 0.0926. The lowest BCUT2D eigenvalue weighted by Crippen LogP contribution is -2.47. The molecule has 3 N–H and O–H groups in total. The van der Waals surface area contributed by atoms with Gasteiger partial charge in [0.1, 0.15) is 0 Å². The molecular formula is C16H27IN4O2. The first-order chi connectivity index (χ1) is 10.7. The van der Waals surface area contributed by atoms with Crippen LogP contribution in [0.2, 0.25) is 0 Å². The number of nitrogens with one attached hydrogen (secondary N) is 3. The van der Waals surface area contributed by atoms with E-state index in [0.717, 1.165) is 12.5 Å². The van der Waals surface area contributed by atoms with Crippen molar-refractivity contribution in [3.05, 3.63) is 24.2 Å². The van der Waals surface area contributed by atoms with Gasteiger partial charge in [0.25, 0.3) is 5.91 Å². The first kappa shape index (κ1) is 19.8. The molecular weight excluding hydrogens is 407 g/mol. The predicted molar refractivity (Wildman–Crippen MR) is 102 cm³/mol. The quantitative estimate of drug-likeness (QED) is 0.267. The average molecular weight is 434 g/mol. The van der Waals surface area contributed by atoms with Gasteiger partial charge in [0.2, 0.25) is 0 Å². The van der Waals surface area contributed by atoms with E-state index in [-0.39, 0.29) is 29.9 Å². The number of furan rings is 1. The fourth-order valence-electron chi connectivity index (χ4n) is 2.68. The third-order valence-electron chi connectivity index (χ3n) is 4.47. The summed E-state index contributed by atoms with van der Waals surface area (Å²) in [6.07, 6.45) is 6.62. The summed E-state index contributed by atoms with van der Waals surface area (Å²) in [5, 5.41) is 9.39. The van der Waals surface area contributed by atoms with Gasteiger partial charge in [0.05, 0.1) is 6.26 Å². The molecule has 1 heterocycles. The van der Waals surface area contributed by atoms with E-state index in [4.69, 9.17) is 4.42 Å². The summed E-state index contributed by atoms with van der Waals surface area (Å²) in [5.41, 5.74) is 0.450. The van der Waals surface area contributed by atoms with Crippen LogP contribution in [0.5, 0.6) is 0 Å². The van der Waals surface area contributed by atoms with E-state index in [1.54, 1.807) is 19.2 Å². The molecule has 0 saturated heterocycles. The minimum atomic E-state index is -0.200. The minimum Gasteiger partial charge on any atom is -0.459 e. The maximum absolute atomic E-state index is 11.7. The number of aliphatic imine (C=N–C) groups is 1. The standard InChI is InChI=1S/C16H26N4O2.HI/c1-3-16(7-5-8-16)12-20-15(17-2)19-10-9-18-14(21)13-6-4-11-22-13;/h4,6,11H,3,5,7-10,12H2,1-2H3,(H,18,21)(H2,17,19,20);1H. The van der Waals surface area contributed by atoms with Crippen molar-refractivity contribution in [2.45, 2.75) is 32.6 Å². The van der Waals surface area contributed by atoms with Crippen LogP contribution >= 0.6 is 24.0 Å². The number of amides is 1. The number of rotatable bonds is 7. The zero-order valence-electron chi connectivity index (χ0n) is 13.9. The van der Waals surface area contributed by atoms with Crippen LogP contribution in [-0.2, 0) is 0 Å². The summed E-state index contributed by atoms with van der Waals surface area (Å²) in [5.74, 6) is 0.915. The van der Waals surface area contributed by atoms with Crippen LogP contribution in [0.15, 0.2) is 27.8 Å². The second-order valence-corrected chi connectivity index (χ2v) is 5.79. The van der Waals surface area contributed by atoms with E-state index >= 15 is 0 Å². The number of nitrogens with zero attached hydrogens (tertiary/aromatic N) is 1. The molecule has 0 aliphatic heterocycles. The molecule has 0 spiro atoms. The van der Waals surface area contributed by atoms with Crippen molar-refractivity contribution in [2.75, 3.05) is 26.7 Å². The second-order valence-electron chi connectivity index (χ2n) is 5.79. The topological polar surface area (TPSA) is 78.7 Å². The Balaban J connectivity index is 0.00000264. The summed E-state index contributed by atoms with van der Waals surface area (Å²) < 4.78 is 5.03. The molecule has 1 amide bonds. The van der Waals surface area contributed by atoms with Crippen molar-refractivity contribution in [1.29, 1.82) is 0 Å². The fraction of sp³-hybridized carbons (Fsp3) is 0.625. The molecule has 0 aromatic carbocycles. The largest absolute Gasteiger partial charge is 0.459 e. The monoisotopic (exact) mass is 434 g/mol. The Hall–Kier alpha value is -1.25. The molecule has 1 aliphatic carbocycles. The maximum atomic E-state index is 11.7. The van der Waals surface area contributed by atoms with Crippen LogP contribution in [0.4, 0.5) is 0 Å². The van der Waals surface area contributed by atoms with Gasteiger partial charge in [-0.25, -0.2) is 0 Å².